The largest absolute Gasteiger partial charge is 0.478 e. The molecule has 0 aromatic carbocycles. The molecule has 0 unspecified atom stereocenters. The van der Waals surface area contributed by atoms with Crippen molar-refractivity contribution in [3.8, 4) is 0 Å². The van der Waals surface area contributed by atoms with Gasteiger partial charge < -0.3 is 10.0 Å². The maximum Gasteiger partial charge on any atom is 0.333 e. The van der Waals surface area contributed by atoms with Crippen molar-refractivity contribution < 1.29 is 9.90 Å². The van der Waals surface area contributed by atoms with Crippen molar-refractivity contribution in [3.63, 3.8) is 0 Å². The topological polar surface area (TPSA) is 40.5 Å². The minimum Gasteiger partial charge on any atom is -0.478 e. The van der Waals surface area contributed by atoms with E-state index in [1.807, 2.05) is 6.92 Å². The van der Waals surface area contributed by atoms with Crippen molar-refractivity contribution in [2.24, 2.45) is 0 Å². The Balaban J connectivity index is 5.24. The zero-order valence-electron chi connectivity index (χ0n) is 10.7. The Kier molecular flexibility index (Phi) is 5.40. The molecule has 0 rings (SSSR count). The highest BCUT2D eigenvalue weighted by Crippen LogP contribution is 2.20. The monoisotopic (exact) mass is 213 g/mol. The summed E-state index contributed by atoms with van der Waals surface area (Å²) >= 11 is 0. The Labute approximate surface area is 92.8 Å². The van der Waals surface area contributed by atoms with Crippen molar-refractivity contribution in [2.75, 3.05) is 0 Å². The average Bonchev–Trinajstić information content (AvgIpc) is 2.10. The van der Waals surface area contributed by atoms with Crippen LogP contribution < -0.4 is 0 Å². The van der Waals surface area contributed by atoms with Gasteiger partial charge in [-0.3, -0.25) is 0 Å². The fourth-order valence-corrected chi connectivity index (χ4v) is 1.98. The lowest BCUT2D eigenvalue weighted by atomic mass is 10.1. The molecule has 0 amide bonds. The Hall–Kier alpha value is -0.990. The summed E-state index contributed by atoms with van der Waals surface area (Å²) in [5, 5.41) is 9.01. The highest BCUT2D eigenvalue weighted by molar-refractivity contribution is 5.86. The number of carbonyl (C=O) groups is 1. The van der Waals surface area contributed by atoms with Gasteiger partial charge in [-0.05, 0) is 41.0 Å². The summed E-state index contributed by atoms with van der Waals surface area (Å²) in [6.07, 6.45) is 0.758. The third-order valence-electron chi connectivity index (χ3n) is 2.51. The number of hydrogen-bond acceptors (Lipinski definition) is 2. The molecule has 15 heavy (non-hydrogen) atoms. The van der Waals surface area contributed by atoms with E-state index in [0.717, 1.165) is 12.1 Å². The molecule has 0 fully saturated rings. The molecular weight excluding hydrogens is 190 g/mol. The number of aliphatic carboxylic acids is 1. The van der Waals surface area contributed by atoms with Gasteiger partial charge in [0.15, 0.2) is 0 Å². The summed E-state index contributed by atoms with van der Waals surface area (Å²) in [5.74, 6) is -0.821. The van der Waals surface area contributed by atoms with Crippen LogP contribution in [0.15, 0.2) is 11.3 Å². The molecular formula is C12H23NO2. The molecule has 0 aromatic rings. The van der Waals surface area contributed by atoms with Crippen LogP contribution in [0.3, 0.4) is 0 Å². The van der Waals surface area contributed by atoms with Crippen LogP contribution in [0.2, 0.25) is 0 Å². The quantitative estimate of drug-likeness (QED) is 0.714. The lowest BCUT2D eigenvalue weighted by Gasteiger charge is -2.35. The highest BCUT2D eigenvalue weighted by atomic mass is 16.4. The second-order valence-electron chi connectivity index (χ2n) is 4.33. The predicted molar refractivity (Wildman–Crippen MR) is 62.7 cm³/mol. The molecule has 1 N–H and O–H groups in total. The number of allylic oxidation sites excluding steroid dienone is 1. The van der Waals surface area contributed by atoms with Crippen LogP contribution in [-0.2, 0) is 4.79 Å². The third-order valence-corrected chi connectivity index (χ3v) is 2.51. The van der Waals surface area contributed by atoms with E-state index in [2.05, 4.69) is 32.6 Å². The van der Waals surface area contributed by atoms with Gasteiger partial charge in [-0.1, -0.05) is 6.92 Å². The van der Waals surface area contributed by atoms with Crippen molar-refractivity contribution in [1.82, 2.24) is 4.90 Å². The first-order valence-electron chi connectivity index (χ1n) is 5.54. The Morgan fingerprint density at radius 2 is 1.60 bits per heavy atom. The molecule has 0 saturated heterocycles. The standard InChI is InChI=1S/C12H23NO2/c1-7-11(10(6)12(14)15)13(8(2)3)9(4)5/h8-9H,7H2,1-6H3,(H,14,15)/b11-10+. The molecule has 3 heteroatoms. The molecule has 0 aromatic heterocycles. The van der Waals surface area contributed by atoms with Crippen LogP contribution in [-0.4, -0.2) is 28.1 Å². The van der Waals surface area contributed by atoms with Gasteiger partial charge in [0.2, 0.25) is 0 Å². The summed E-state index contributed by atoms with van der Waals surface area (Å²) in [4.78, 5) is 13.1. The zero-order chi connectivity index (χ0) is 12.2. The van der Waals surface area contributed by atoms with Crippen LogP contribution in [0.4, 0.5) is 0 Å². The first kappa shape index (κ1) is 14.0. The molecule has 88 valence electrons. The van der Waals surface area contributed by atoms with Crippen LogP contribution in [0.25, 0.3) is 0 Å². The zero-order valence-corrected chi connectivity index (χ0v) is 10.7. The third kappa shape index (κ3) is 3.57. The Morgan fingerprint density at radius 1 is 1.20 bits per heavy atom. The summed E-state index contributed by atoms with van der Waals surface area (Å²) in [5.41, 5.74) is 1.40. The Morgan fingerprint density at radius 3 is 1.80 bits per heavy atom. The average molecular weight is 213 g/mol. The number of rotatable bonds is 5. The minimum absolute atomic E-state index is 0.328. The van der Waals surface area contributed by atoms with Crippen molar-refractivity contribution >= 4 is 5.97 Å². The first-order chi connectivity index (χ1) is 6.82. The maximum absolute atomic E-state index is 11.0. The van der Waals surface area contributed by atoms with Gasteiger partial charge in [0.1, 0.15) is 0 Å². The molecule has 0 heterocycles. The van der Waals surface area contributed by atoms with Gasteiger partial charge in [-0.25, -0.2) is 4.79 Å². The molecule has 0 aliphatic heterocycles. The molecule has 0 spiro atoms. The van der Waals surface area contributed by atoms with Gasteiger partial charge in [0.25, 0.3) is 0 Å². The first-order valence-corrected chi connectivity index (χ1v) is 5.54. The van der Waals surface area contributed by atoms with Gasteiger partial charge in [-0.15, -0.1) is 0 Å². The number of hydrogen-bond donors (Lipinski definition) is 1. The van der Waals surface area contributed by atoms with Crippen molar-refractivity contribution in [2.45, 2.75) is 60.0 Å². The molecule has 0 radical (unpaired) electrons. The summed E-state index contributed by atoms with van der Waals surface area (Å²) < 4.78 is 0. The summed E-state index contributed by atoms with van der Waals surface area (Å²) in [6.45, 7) is 12.0. The van der Waals surface area contributed by atoms with Gasteiger partial charge in [-0.2, -0.15) is 0 Å². The van der Waals surface area contributed by atoms with E-state index in [-0.39, 0.29) is 0 Å². The van der Waals surface area contributed by atoms with Gasteiger partial charge in [0.05, 0.1) is 5.57 Å². The normalized spacial score (nSPS) is 13.1. The van der Waals surface area contributed by atoms with Crippen molar-refractivity contribution in [1.29, 1.82) is 0 Å². The predicted octanol–water partition coefficient (Wildman–Crippen LogP) is 2.87. The van der Waals surface area contributed by atoms with Crippen LogP contribution in [0, 0.1) is 0 Å². The second kappa shape index (κ2) is 5.79. The lowest BCUT2D eigenvalue weighted by molar-refractivity contribution is -0.132. The van der Waals surface area contributed by atoms with Crippen LogP contribution in [0.1, 0.15) is 48.0 Å². The second-order valence-corrected chi connectivity index (χ2v) is 4.33. The van der Waals surface area contributed by atoms with Gasteiger partial charge >= 0.3 is 5.97 Å². The van der Waals surface area contributed by atoms with Gasteiger partial charge in [0, 0.05) is 17.8 Å². The summed E-state index contributed by atoms with van der Waals surface area (Å²) in [7, 11) is 0. The van der Waals surface area contributed by atoms with E-state index in [0.29, 0.717) is 17.7 Å². The maximum atomic E-state index is 11.0. The molecule has 0 aliphatic rings. The fraction of sp³-hybridized carbons (Fsp3) is 0.750. The Bertz CT molecular complexity index is 246. The molecule has 0 aliphatic carbocycles. The number of carboxylic acid groups (broad SMARTS) is 1. The van der Waals surface area contributed by atoms with E-state index in [1.165, 1.54) is 0 Å². The van der Waals surface area contributed by atoms with E-state index >= 15 is 0 Å². The number of carboxylic acids is 1. The molecule has 0 atom stereocenters. The number of nitrogens with zero attached hydrogens (tertiary/aromatic N) is 1. The minimum atomic E-state index is -0.821. The summed E-state index contributed by atoms with van der Waals surface area (Å²) in [6, 6.07) is 0.656. The van der Waals surface area contributed by atoms with Crippen LogP contribution >= 0.6 is 0 Å². The van der Waals surface area contributed by atoms with E-state index in [4.69, 9.17) is 5.11 Å². The molecule has 0 saturated carbocycles. The molecule has 0 bridgehead atoms. The fourth-order valence-electron chi connectivity index (χ4n) is 1.98. The lowest BCUT2D eigenvalue weighted by Crippen LogP contribution is -2.37. The van der Waals surface area contributed by atoms with E-state index < -0.39 is 5.97 Å². The SMILES string of the molecule is CC/C(=C(/C)C(=O)O)N(C(C)C)C(C)C. The van der Waals surface area contributed by atoms with E-state index in [1.54, 1.807) is 6.92 Å². The highest BCUT2D eigenvalue weighted by Gasteiger charge is 2.19. The van der Waals surface area contributed by atoms with Crippen LogP contribution in [0.5, 0.6) is 0 Å². The van der Waals surface area contributed by atoms with Crippen molar-refractivity contribution in [3.05, 3.63) is 11.3 Å². The van der Waals surface area contributed by atoms with E-state index in [9.17, 15) is 4.79 Å². The smallest absolute Gasteiger partial charge is 0.333 e. The molecule has 3 nitrogen and oxygen atoms in total.